The number of rotatable bonds is 3. The molecule has 0 saturated heterocycles. The number of non-ortho nitro benzene ring substituents is 1. The van der Waals surface area contributed by atoms with Gasteiger partial charge in [0.05, 0.1) is 4.92 Å². The summed E-state index contributed by atoms with van der Waals surface area (Å²) in [6.45, 7) is 0. The highest BCUT2D eigenvalue weighted by atomic mass is 16.6. The smallest absolute Gasteiger partial charge is 0.276 e. The van der Waals surface area contributed by atoms with Crippen molar-refractivity contribution in [2.75, 3.05) is 0 Å². The summed E-state index contributed by atoms with van der Waals surface area (Å²) < 4.78 is 5.58. The fourth-order valence-corrected chi connectivity index (χ4v) is 1.95. The van der Waals surface area contributed by atoms with Crippen LogP contribution in [0.3, 0.4) is 0 Å². The number of hydrogen-bond donors (Lipinski definition) is 2. The summed E-state index contributed by atoms with van der Waals surface area (Å²) in [7, 11) is 0. The highest BCUT2D eigenvalue weighted by Crippen LogP contribution is 2.25. The van der Waals surface area contributed by atoms with Crippen molar-refractivity contribution in [3.8, 4) is 11.3 Å². The first kappa shape index (κ1) is 13.6. The van der Waals surface area contributed by atoms with Crippen molar-refractivity contribution in [1.29, 1.82) is 0 Å². The SMILES string of the molecule is NC1=NC(=Cc2ccc(-c3ccc([N+](=O)[O-])cc3)o2)C(=O)N1. The Labute approximate surface area is 124 Å². The van der Waals surface area contributed by atoms with Crippen molar-refractivity contribution in [3.05, 3.63) is 58.0 Å². The van der Waals surface area contributed by atoms with E-state index < -0.39 is 10.8 Å². The van der Waals surface area contributed by atoms with Crippen LogP contribution in [0.1, 0.15) is 5.76 Å². The van der Waals surface area contributed by atoms with E-state index in [2.05, 4.69) is 10.3 Å². The van der Waals surface area contributed by atoms with Gasteiger partial charge in [-0.2, -0.15) is 0 Å². The third-order valence-corrected chi connectivity index (χ3v) is 2.98. The summed E-state index contributed by atoms with van der Waals surface area (Å²) in [5.41, 5.74) is 6.24. The molecule has 1 amide bonds. The number of furan rings is 1. The average Bonchev–Trinajstić information content (AvgIpc) is 3.06. The van der Waals surface area contributed by atoms with Crippen molar-refractivity contribution >= 4 is 23.6 Å². The molecule has 2 aromatic rings. The fourth-order valence-electron chi connectivity index (χ4n) is 1.95. The summed E-state index contributed by atoms with van der Waals surface area (Å²) in [6, 6.07) is 9.34. The van der Waals surface area contributed by atoms with E-state index in [1.807, 2.05) is 0 Å². The lowest BCUT2D eigenvalue weighted by molar-refractivity contribution is -0.384. The third kappa shape index (κ3) is 2.57. The van der Waals surface area contributed by atoms with Crippen molar-refractivity contribution in [2.24, 2.45) is 10.7 Å². The lowest BCUT2D eigenvalue weighted by Crippen LogP contribution is -2.30. The molecule has 0 radical (unpaired) electrons. The Morgan fingerprint density at radius 3 is 2.55 bits per heavy atom. The molecule has 22 heavy (non-hydrogen) atoms. The number of hydrogen-bond acceptors (Lipinski definition) is 6. The van der Waals surface area contributed by atoms with Crippen molar-refractivity contribution in [2.45, 2.75) is 0 Å². The Morgan fingerprint density at radius 1 is 1.23 bits per heavy atom. The second-order valence-corrected chi connectivity index (χ2v) is 4.49. The highest BCUT2D eigenvalue weighted by Gasteiger charge is 2.18. The van der Waals surface area contributed by atoms with E-state index in [0.29, 0.717) is 17.1 Å². The molecule has 2 heterocycles. The molecule has 0 aliphatic carbocycles. The van der Waals surface area contributed by atoms with E-state index in [1.165, 1.54) is 18.2 Å². The average molecular weight is 298 g/mol. The largest absolute Gasteiger partial charge is 0.457 e. The standard InChI is InChI=1S/C14H10N4O4/c15-14-16-11(13(19)17-14)7-10-5-6-12(22-10)8-1-3-9(4-2-8)18(20)21/h1-7H,(H3,15,16,17,19). The minimum atomic E-state index is -0.469. The molecule has 0 atom stereocenters. The molecule has 1 aromatic heterocycles. The number of nitro groups is 1. The summed E-state index contributed by atoms with van der Waals surface area (Å²) in [5.74, 6) is 0.596. The van der Waals surface area contributed by atoms with Crippen LogP contribution in [-0.2, 0) is 4.79 Å². The molecule has 0 unspecified atom stereocenters. The maximum Gasteiger partial charge on any atom is 0.276 e. The predicted molar refractivity (Wildman–Crippen MR) is 78.5 cm³/mol. The molecule has 110 valence electrons. The number of aliphatic imine (C=N–C) groups is 1. The van der Waals surface area contributed by atoms with Crippen LogP contribution >= 0.6 is 0 Å². The number of carbonyl (C=O) groups excluding carboxylic acids is 1. The molecule has 1 aliphatic heterocycles. The Hall–Kier alpha value is -3.42. The van der Waals surface area contributed by atoms with Gasteiger partial charge in [0, 0.05) is 23.8 Å². The molecule has 0 fully saturated rings. The van der Waals surface area contributed by atoms with Crippen molar-refractivity contribution in [3.63, 3.8) is 0 Å². The van der Waals surface area contributed by atoms with Crippen LogP contribution in [0.5, 0.6) is 0 Å². The van der Waals surface area contributed by atoms with Gasteiger partial charge < -0.3 is 10.2 Å². The van der Waals surface area contributed by atoms with Gasteiger partial charge in [0.2, 0.25) is 5.96 Å². The number of nitrogens with one attached hydrogen (secondary N) is 1. The molecule has 0 spiro atoms. The van der Waals surface area contributed by atoms with Crippen LogP contribution in [0.15, 0.2) is 51.5 Å². The third-order valence-electron chi connectivity index (χ3n) is 2.98. The van der Waals surface area contributed by atoms with E-state index in [-0.39, 0.29) is 17.3 Å². The molecule has 1 aromatic carbocycles. The summed E-state index contributed by atoms with van der Waals surface area (Å²) in [5, 5.41) is 13.0. The Bertz CT molecular complexity index is 818. The summed E-state index contributed by atoms with van der Waals surface area (Å²) in [6.07, 6.45) is 1.46. The van der Waals surface area contributed by atoms with Gasteiger partial charge in [-0.3, -0.25) is 20.2 Å². The zero-order valence-corrected chi connectivity index (χ0v) is 11.1. The van der Waals surface area contributed by atoms with E-state index in [0.717, 1.165) is 0 Å². The lowest BCUT2D eigenvalue weighted by Gasteiger charge is -1.96. The van der Waals surface area contributed by atoms with Gasteiger partial charge in [-0.05, 0) is 24.3 Å². The van der Waals surface area contributed by atoms with Crippen LogP contribution in [0.4, 0.5) is 5.69 Å². The number of nitrogens with two attached hydrogens (primary N) is 1. The van der Waals surface area contributed by atoms with E-state index in [9.17, 15) is 14.9 Å². The van der Waals surface area contributed by atoms with E-state index in [1.54, 1.807) is 24.3 Å². The normalized spacial score (nSPS) is 15.7. The molecular weight excluding hydrogens is 288 g/mol. The van der Waals surface area contributed by atoms with Crippen molar-refractivity contribution < 1.29 is 14.1 Å². The topological polar surface area (TPSA) is 124 Å². The molecule has 8 heteroatoms. The Kier molecular flexibility index (Phi) is 3.18. The molecule has 3 rings (SSSR count). The van der Waals surface area contributed by atoms with E-state index >= 15 is 0 Å². The molecular formula is C14H10N4O4. The van der Waals surface area contributed by atoms with E-state index in [4.69, 9.17) is 10.2 Å². The Balaban J connectivity index is 1.86. The first-order valence-electron chi connectivity index (χ1n) is 6.25. The second kappa shape index (κ2) is 5.17. The quantitative estimate of drug-likeness (QED) is 0.506. The molecule has 0 saturated carbocycles. The first-order chi connectivity index (χ1) is 10.5. The van der Waals surface area contributed by atoms with Crippen LogP contribution in [0.25, 0.3) is 17.4 Å². The van der Waals surface area contributed by atoms with Gasteiger partial charge in [0.15, 0.2) is 0 Å². The maximum absolute atomic E-state index is 11.5. The lowest BCUT2D eigenvalue weighted by atomic mass is 10.1. The molecule has 3 N–H and O–H groups in total. The van der Waals surface area contributed by atoms with Crippen molar-refractivity contribution in [1.82, 2.24) is 5.32 Å². The number of carbonyl (C=O) groups is 1. The van der Waals surface area contributed by atoms with Gasteiger partial charge in [0.25, 0.3) is 11.6 Å². The first-order valence-corrected chi connectivity index (χ1v) is 6.25. The predicted octanol–water partition coefficient (Wildman–Crippen LogP) is 1.64. The van der Waals surface area contributed by atoms with Gasteiger partial charge in [-0.15, -0.1) is 0 Å². The highest BCUT2D eigenvalue weighted by molar-refractivity contribution is 6.13. The monoisotopic (exact) mass is 298 g/mol. The summed E-state index contributed by atoms with van der Waals surface area (Å²) >= 11 is 0. The number of nitro benzene ring substituents is 1. The zero-order valence-electron chi connectivity index (χ0n) is 11.1. The number of nitrogens with zero attached hydrogens (tertiary/aromatic N) is 2. The molecule has 8 nitrogen and oxygen atoms in total. The maximum atomic E-state index is 11.5. The van der Waals surface area contributed by atoms with Crippen LogP contribution in [0, 0.1) is 10.1 Å². The van der Waals surface area contributed by atoms with Gasteiger partial charge in [0.1, 0.15) is 17.2 Å². The number of benzene rings is 1. The second-order valence-electron chi connectivity index (χ2n) is 4.49. The number of amides is 1. The van der Waals surface area contributed by atoms with Crippen LogP contribution < -0.4 is 11.1 Å². The zero-order chi connectivity index (χ0) is 15.7. The minimum absolute atomic E-state index is 0.00471. The van der Waals surface area contributed by atoms with Crippen LogP contribution in [0.2, 0.25) is 0 Å². The van der Waals surface area contributed by atoms with Crippen LogP contribution in [-0.4, -0.2) is 16.8 Å². The van der Waals surface area contributed by atoms with Gasteiger partial charge in [-0.1, -0.05) is 0 Å². The summed E-state index contributed by atoms with van der Waals surface area (Å²) in [4.78, 5) is 25.5. The van der Waals surface area contributed by atoms with Gasteiger partial charge in [-0.25, -0.2) is 4.99 Å². The number of guanidine groups is 1. The molecule has 0 bridgehead atoms. The Morgan fingerprint density at radius 2 is 1.95 bits per heavy atom. The van der Waals surface area contributed by atoms with Gasteiger partial charge >= 0.3 is 0 Å². The molecule has 1 aliphatic rings. The minimum Gasteiger partial charge on any atom is -0.457 e. The fraction of sp³-hybridized carbons (Fsp3) is 0.